The highest BCUT2D eigenvalue weighted by Gasteiger charge is 2.08. The van der Waals surface area contributed by atoms with Crippen LogP contribution < -0.4 is 11.3 Å². The number of hydrogen-bond donors (Lipinski definition) is 3. The molecule has 0 aliphatic carbocycles. The first-order valence-corrected chi connectivity index (χ1v) is 4.81. The number of benzene rings is 1. The van der Waals surface area contributed by atoms with Crippen molar-refractivity contribution in [1.29, 1.82) is 0 Å². The molecule has 0 fully saturated rings. The highest BCUT2D eigenvalue weighted by molar-refractivity contribution is 5.64. The minimum atomic E-state index is 0.149. The van der Waals surface area contributed by atoms with Crippen molar-refractivity contribution in [3.63, 3.8) is 0 Å². The number of nitrogens with zero attached hydrogens (tertiary/aromatic N) is 2. The van der Waals surface area contributed by atoms with Crippen LogP contribution in [-0.2, 0) is 0 Å². The van der Waals surface area contributed by atoms with Gasteiger partial charge in [-0.1, -0.05) is 12.1 Å². The van der Waals surface area contributed by atoms with Gasteiger partial charge in [-0.05, 0) is 19.1 Å². The third-order valence-corrected chi connectivity index (χ3v) is 2.15. The van der Waals surface area contributed by atoms with E-state index in [9.17, 15) is 5.11 Å². The molecule has 1 heterocycles. The van der Waals surface area contributed by atoms with E-state index in [1.54, 1.807) is 24.3 Å². The monoisotopic (exact) mass is 216 g/mol. The summed E-state index contributed by atoms with van der Waals surface area (Å²) in [6.45, 7) is 1.84. The minimum Gasteiger partial charge on any atom is -0.507 e. The normalized spacial score (nSPS) is 10.1. The van der Waals surface area contributed by atoms with Crippen molar-refractivity contribution >= 4 is 5.82 Å². The Balaban J connectivity index is 2.56. The van der Waals surface area contributed by atoms with Crippen LogP contribution in [0, 0.1) is 6.92 Å². The minimum absolute atomic E-state index is 0.149. The molecule has 82 valence electrons. The Bertz CT molecular complexity index is 513. The number of aromatic nitrogens is 2. The van der Waals surface area contributed by atoms with Crippen LogP contribution in [0.5, 0.6) is 5.75 Å². The van der Waals surface area contributed by atoms with Gasteiger partial charge in [0, 0.05) is 11.8 Å². The molecule has 4 N–H and O–H groups in total. The largest absolute Gasteiger partial charge is 0.507 e. The molecule has 0 spiro atoms. The third-order valence-electron chi connectivity index (χ3n) is 2.15. The SMILES string of the molecule is Cc1cc(NN)nc(-c2ccccc2O)n1. The molecule has 0 aliphatic heterocycles. The van der Waals surface area contributed by atoms with Crippen molar-refractivity contribution < 1.29 is 5.11 Å². The molecule has 1 aromatic carbocycles. The lowest BCUT2D eigenvalue weighted by atomic mass is 10.2. The Kier molecular flexibility index (Phi) is 2.70. The predicted octanol–water partition coefficient (Wildman–Crippen LogP) is 1.44. The second kappa shape index (κ2) is 4.16. The zero-order chi connectivity index (χ0) is 11.5. The lowest BCUT2D eigenvalue weighted by Crippen LogP contribution is -2.09. The lowest BCUT2D eigenvalue weighted by Gasteiger charge is -2.06. The molecule has 16 heavy (non-hydrogen) atoms. The van der Waals surface area contributed by atoms with Gasteiger partial charge in [0.2, 0.25) is 0 Å². The maximum atomic E-state index is 9.69. The molecular formula is C11H12N4O. The van der Waals surface area contributed by atoms with Crippen LogP contribution in [0.4, 0.5) is 5.82 Å². The van der Waals surface area contributed by atoms with E-state index in [-0.39, 0.29) is 5.75 Å². The Morgan fingerprint density at radius 1 is 1.25 bits per heavy atom. The first-order valence-electron chi connectivity index (χ1n) is 4.81. The van der Waals surface area contributed by atoms with Crippen molar-refractivity contribution in [1.82, 2.24) is 9.97 Å². The van der Waals surface area contributed by atoms with Crippen LogP contribution in [0.25, 0.3) is 11.4 Å². The number of nitrogens with two attached hydrogens (primary N) is 1. The quantitative estimate of drug-likeness (QED) is 0.522. The summed E-state index contributed by atoms with van der Waals surface area (Å²) < 4.78 is 0. The predicted molar refractivity (Wildman–Crippen MR) is 61.7 cm³/mol. The molecule has 0 atom stereocenters. The van der Waals surface area contributed by atoms with E-state index in [0.717, 1.165) is 5.69 Å². The maximum absolute atomic E-state index is 9.69. The van der Waals surface area contributed by atoms with Gasteiger partial charge in [0.15, 0.2) is 5.82 Å². The molecule has 0 saturated carbocycles. The summed E-state index contributed by atoms with van der Waals surface area (Å²) in [7, 11) is 0. The van der Waals surface area contributed by atoms with Crippen LogP contribution in [-0.4, -0.2) is 15.1 Å². The lowest BCUT2D eigenvalue weighted by molar-refractivity contribution is 0.477. The molecule has 0 unspecified atom stereocenters. The Labute approximate surface area is 92.9 Å². The summed E-state index contributed by atoms with van der Waals surface area (Å²) >= 11 is 0. The molecule has 0 amide bonds. The number of nitrogens with one attached hydrogen (secondary N) is 1. The van der Waals surface area contributed by atoms with Gasteiger partial charge < -0.3 is 10.5 Å². The van der Waals surface area contributed by atoms with Crippen molar-refractivity contribution in [2.45, 2.75) is 6.92 Å². The molecule has 2 rings (SSSR count). The number of aryl methyl sites for hydroxylation is 1. The summed E-state index contributed by atoms with van der Waals surface area (Å²) in [6.07, 6.45) is 0. The van der Waals surface area contributed by atoms with Crippen LogP contribution in [0.3, 0.4) is 0 Å². The standard InChI is InChI=1S/C11H12N4O/c1-7-6-10(15-12)14-11(13-7)8-4-2-3-5-9(8)16/h2-6,16H,12H2,1H3,(H,13,14,15). The first-order chi connectivity index (χ1) is 7.70. The number of phenols is 1. The van der Waals surface area contributed by atoms with Crippen LogP contribution in [0.15, 0.2) is 30.3 Å². The molecule has 5 nitrogen and oxygen atoms in total. The van der Waals surface area contributed by atoms with E-state index in [2.05, 4.69) is 15.4 Å². The zero-order valence-electron chi connectivity index (χ0n) is 8.81. The zero-order valence-corrected chi connectivity index (χ0v) is 8.81. The average molecular weight is 216 g/mol. The summed E-state index contributed by atoms with van der Waals surface area (Å²) in [5.41, 5.74) is 3.83. The van der Waals surface area contributed by atoms with Gasteiger partial charge in [-0.15, -0.1) is 0 Å². The molecule has 0 aliphatic rings. The van der Waals surface area contributed by atoms with E-state index in [4.69, 9.17) is 5.84 Å². The summed E-state index contributed by atoms with van der Waals surface area (Å²) in [6, 6.07) is 8.64. The second-order valence-electron chi connectivity index (χ2n) is 3.38. The highest BCUT2D eigenvalue weighted by Crippen LogP contribution is 2.26. The second-order valence-corrected chi connectivity index (χ2v) is 3.38. The molecule has 5 heteroatoms. The number of para-hydroxylation sites is 1. The smallest absolute Gasteiger partial charge is 0.165 e. The fraction of sp³-hybridized carbons (Fsp3) is 0.0909. The summed E-state index contributed by atoms with van der Waals surface area (Å²) in [5.74, 6) is 6.42. The van der Waals surface area contributed by atoms with E-state index < -0.39 is 0 Å². The topological polar surface area (TPSA) is 84.1 Å². The first kappa shape index (κ1) is 10.4. The van der Waals surface area contributed by atoms with Crippen molar-refractivity contribution in [3.05, 3.63) is 36.0 Å². The fourth-order valence-electron chi connectivity index (χ4n) is 1.43. The number of phenolic OH excluding ortho intramolecular Hbond substituents is 1. The Morgan fingerprint density at radius 3 is 2.69 bits per heavy atom. The molecule has 0 saturated heterocycles. The fourth-order valence-corrected chi connectivity index (χ4v) is 1.43. The van der Waals surface area contributed by atoms with E-state index in [0.29, 0.717) is 17.2 Å². The van der Waals surface area contributed by atoms with Crippen molar-refractivity contribution in [3.8, 4) is 17.1 Å². The van der Waals surface area contributed by atoms with Gasteiger partial charge in [-0.3, -0.25) is 0 Å². The molecule has 0 radical (unpaired) electrons. The van der Waals surface area contributed by atoms with Gasteiger partial charge in [-0.2, -0.15) is 0 Å². The number of rotatable bonds is 2. The number of aromatic hydroxyl groups is 1. The number of hydrazine groups is 1. The van der Waals surface area contributed by atoms with Gasteiger partial charge in [0.1, 0.15) is 11.6 Å². The van der Waals surface area contributed by atoms with Crippen LogP contribution in [0.2, 0.25) is 0 Å². The van der Waals surface area contributed by atoms with Gasteiger partial charge in [-0.25, -0.2) is 15.8 Å². The van der Waals surface area contributed by atoms with Crippen LogP contribution in [0.1, 0.15) is 5.69 Å². The van der Waals surface area contributed by atoms with E-state index >= 15 is 0 Å². The highest BCUT2D eigenvalue weighted by atomic mass is 16.3. The number of hydrogen-bond acceptors (Lipinski definition) is 5. The number of nitrogen functional groups attached to an aromatic ring is 1. The number of anilines is 1. The Morgan fingerprint density at radius 2 is 2.00 bits per heavy atom. The molecule has 0 bridgehead atoms. The van der Waals surface area contributed by atoms with Gasteiger partial charge in [0.05, 0.1) is 5.56 Å². The molecular weight excluding hydrogens is 204 g/mol. The Hall–Kier alpha value is -2.14. The van der Waals surface area contributed by atoms with Gasteiger partial charge in [0.25, 0.3) is 0 Å². The van der Waals surface area contributed by atoms with Gasteiger partial charge >= 0.3 is 0 Å². The average Bonchev–Trinajstić information content (AvgIpc) is 2.28. The third kappa shape index (κ3) is 1.94. The summed E-state index contributed by atoms with van der Waals surface area (Å²) in [4.78, 5) is 8.42. The molecule has 1 aromatic heterocycles. The summed E-state index contributed by atoms with van der Waals surface area (Å²) in [5, 5.41) is 9.69. The molecule has 2 aromatic rings. The van der Waals surface area contributed by atoms with E-state index in [1.807, 2.05) is 13.0 Å². The van der Waals surface area contributed by atoms with Crippen LogP contribution >= 0.6 is 0 Å². The van der Waals surface area contributed by atoms with Crippen molar-refractivity contribution in [2.75, 3.05) is 5.43 Å². The van der Waals surface area contributed by atoms with E-state index in [1.165, 1.54) is 0 Å². The maximum Gasteiger partial charge on any atom is 0.165 e. The van der Waals surface area contributed by atoms with Crippen molar-refractivity contribution in [2.24, 2.45) is 5.84 Å².